The van der Waals surface area contributed by atoms with Gasteiger partial charge < -0.3 is 5.11 Å². The molecule has 0 saturated heterocycles. The van der Waals surface area contributed by atoms with E-state index in [9.17, 15) is 5.11 Å². The van der Waals surface area contributed by atoms with E-state index in [-0.39, 0.29) is 0 Å². The number of aromatic nitrogens is 2. The van der Waals surface area contributed by atoms with Gasteiger partial charge in [-0.3, -0.25) is 9.97 Å². The van der Waals surface area contributed by atoms with Crippen LogP contribution in [0, 0.1) is 13.8 Å². The Morgan fingerprint density at radius 1 is 1.05 bits per heavy atom. The van der Waals surface area contributed by atoms with Gasteiger partial charge in [-0.2, -0.15) is 0 Å². The van der Waals surface area contributed by atoms with Crippen LogP contribution in [-0.2, 0) is 0 Å². The van der Waals surface area contributed by atoms with Crippen molar-refractivity contribution in [2.75, 3.05) is 0 Å². The van der Waals surface area contributed by atoms with Crippen molar-refractivity contribution < 1.29 is 5.11 Å². The Morgan fingerprint density at radius 3 is 2.70 bits per heavy atom. The second-order valence-electron chi connectivity index (χ2n) is 5.01. The van der Waals surface area contributed by atoms with Gasteiger partial charge in [-0.15, -0.1) is 0 Å². The highest BCUT2D eigenvalue weighted by atomic mass is 16.3. The van der Waals surface area contributed by atoms with Crippen molar-refractivity contribution in [1.29, 1.82) is 0 Å². The lowest BCUT2D eigenvalue weighted by Crippen LogP contribution is -2.04. The molecule has 1 N–H and O–H groups in total. The molecule has 3 heteroatoms. The van der Waals surface area contributed by atoms with Gasteiger partial charge in [-0.25, -0.2) is 0 Å². The van der Waals surface area contributed by atoms with Crippen LogP contribution in [0.25, 0.3) is 10.9 Å². The Labute approximate surface area is 117 Å². The first kappa shape index (κ1) is 12.8. The Bertz CT molecular complexity index is 768. The summed E-state index contributed by atoms with van der Waals surface area (Å²) in [5.74, 6) is 0. The van der Waals surface area contributed by atoms with Crippen LogP contribution in [0.15, 0.2) is 48.7 Å². The zero-order valence-corrected chi connectivity index (χ0v) is 11.5. The van der Waals surface area contributed by atoms with E-state index in [2.05, 4.69) is 9.97 Å². The van der Waals surface area contributed by atoms with Gasteiger partial charge >= 0.3 is 0 Å². The van der Waals surface area contributed by atoms with Crippen molar-refractivity contribution in [3.63, 3.8) is 0 Å². The number of aliphatic hydroxyl groups excluding tert-OH is 1. The summed E-state index contributed by atoms with van der Waals surface area (Å²) in [5.41, 5.74) is 4.46. The van der Waals surface area contributed by atoms with Crippen LogP contribution in [0.4, 0.5) is 0 Å². The maximum atomic E-state index is 10.5. The number of nitrogens with zero attached hydrogens (tertiary/aromatic N) is 2. The van der Waals surface area contributed by atoms with Gasteiger partial charge in [0.1, 0.15) is 6.10 Å². The molecule has 1 unspecified atom stereocenters. The van der Waals surface area contributed by atoms with Crippen molar-refractivity contribution in [2.24, 2.45) is 0 Å². The minimum Gasteiger partial charge on any atom is -0.382 e. The lowest BCUT2D eigenvalue weighted by atomic mass is 10.0. The Morgan fingerprint density at radius 2 is 1.90 bits per heavy atom. The van der Waals surface area contributed by atoms with Crippen molar-refractivity contribution in [3.05, 3.63) is 71.2 Å². The van der Waals surface area contributed by atoms with E-state index in [4.69, 9.17) is 0 Å². The minimum absolute atomic E-state index is 0.701. The summed E-state index contributed by atoms with van der Waals surface area (Å²) in [5, 5.41) is 11.5. The van der Waals surface area contributed by atoms with E-state index in [1.807, 2.05) is 56.3 Å². The smallest absolute Gasteiger partial charge is 0.121 e. The number of rotatable bonds is 2. The molecule has 20 heavy (non-hydrogen) atoms. The van der Waals surface area contributed by atoms with Gasteiger partial charge in [0.25, 0.3) is 0 Å². The predicted molar refractivity (Wildman–Crippen MR) is 79.5 cm³/mol. The van der Waals surface area contributed by atoms with E-state index in [0.29, 0.717) is 5.69 Å². The molecule has 0 spiro atoms. The fourth-order valence-electron chi connectivity index (χ4n) is 2.36. The fourth-order valence-corrected chi connectivity index (χ4v) is 2.36. The zero-order chi connectivity index (χ0) is 14.1. The number of aliphatic hydroxyl groups is 1. The lowest BCUT2D eigenvalue weighted by Gasteiger charge is -2.13. The summed E-state index contributed by atoms with van der Waals surface area (Å²) in [6.07, 6.45) is 0.999. The van der Waals surface area contributed by atoms with Crippen LogP contribution >= 0.6 is 0 Å². The number of hydrogen-bond donors (Lipinski definition) is 1. The van der Waals surface area contributed by atoms with Crippen LogP contribution < -0.4 is 0 Å². The summed E-state index contributed by atoms with van der Waals surface area (Å²) < 4.78 is 0. The molecule has 0 aliphatic rings. The predicted octanol–water partition coefficient (Wildman–Crippen LogP) is 3.33. The van der Waals surface area contributed by atoms with Crippen molar-refractivity contribution >= 4 is 10.9 Å². The topological polar surface area (TPSA) is 46.0 Å². The van der Waals surface area contributed by atoms with Gasteiger partial charge in [0.2, 0.25) is 0 Å². The Hall–Kier alpha value is -2.26. The number of fused-ring (bicyclic) bond motifs is 1. The first-order chi connectivity index (χ1) is 9.65. The van der Waals surface area contributed by atoms with E-state index in [1.165, 1.54) is 0 Å². The standard InChI is InChI=1S/C17H16N2O/c1-11-4-3-9-18-16(11)17(20)14-7-8-15-13(10-14)6-5-12(2)19-15/h3-10,17,20H,1-2H3. The summed E-state index contributed by atoms with van der Waals surface area (Å²) >= 11 is 0. The average Bonchev–Trinajstić information content (AvgIpc) is 2.46. The molecule has 2 aromatic heterocycles. The zero-order valence-electron chi connectivity index (χ0n) is 11.5. The number of benzene rings is 1. The minimum atomic E-state index is -0.707. The van der Waals surface area contributed by atoms with Gasteiger partial charge in [0, 0.05) is 17.3 Å². The molecule has 0 radical (unpaired) electrons. The third-order valence-electron chi connectivity index (χ3n) is 3.48. The van der Waals surface area contributed by atoms with Gasteiger partial charge in [0.05, 0.1) is 11.2 Å². The summed E-state index contributed by atoms with van der Waals surface area (Å²) in [4.78, 5) is 8.75. The number of hydrogen-bond acceptors (Lipinski definition) is 3. The van der Waals surface area contributed by atoms with E-state index >= 15 is 0 Å². The number of pyridine rings is 2. The first-order valence-electron chi connectivity index (χ1n) is 6.62. The molecule has 0 aliphatic heterocycles. The average molecular weight is 264 g/mol. The second kappa shape index (κ2) is 5.02. The van der Waals surface area contributed by atoms with Crippen molar-refractivity contribution in [2.45, 2.75) is 20.0 Å². The van der Waals surface area contributed by atoms with Crippen LogP contribution in [-0.4, -0.2) is 15.1 Å². The number of aryl methyl sites for hydroxylation is 2. The third kappa shape index (κ3) is 2.28. The SMILES string of the molecule is Cc1ccc2cc(C(O)c3ncccc3C)ccc2n1. The largest absolute Gasteiger partial charge is 0.382 e. The van der Waals surface area contributed by atoms with Crippen LogP contribution in [0.1, 0.15) is 28.6 Å². The lowest BCUT2D eigenvalue weighted by molar-refractivity contribution is 0.214. The molecule has 0 bridgehead atoms. The summed E-state index contributed by atoms with van der Waals surface area (Å²) in [7, 11) is 0. The van der Waals surface area contributed by atoms with E-state index < -0.39 is 6.10 Å². The third-order valence-corrected chi connectivity index (χ3v) is 3.48. The van der Waals surface area contributed by atoms with E-state index in [0.717, 1.165) is 27.7 Å². The maximum absolute atomic E-state index is 10.5. The molecule has 3 rings (SSSR count). The van der Waals surface area contributed by atoms with Gasteiger partial charge in [-0.1, -0.05) is 18.2 Å². The second-order valence-corrected chi connectivity index (χ2v) is 5.01. The first-order valence-corrected chi connectivity index (χ1v) is 6.62. The molecular weight excluding hydrogens is 248 g/mol. The van der Waals surface area contributed by atoms with Crippen LogP contribution in [0.3, 0.4) is 0 Å². The molecule has 1 atom stereocenters. The molecule has 2 heterocycles. The highest BCUT2D eigenvalue weighted by Gasteiger charge is 2.14. The fraction of sp³-hybridized carbons (Fsp3) is 0.176. The molecule has 100 valence electrons. The molecule has 3 aromatic rings. The molecule has 0 fully saturated rings. The van der Waals surface area contributed by atoms with Gasteiger partial charge in [-0.05, 0) is 49.2 Å². The molecule has 0 aliphatic carbocycles. The molecule has 0 amide bonds. The maximum Gasteiger partial charge on any atom is 0.121 e. The Balaban J connectivity index is 2.06. The monoisotopic (exact) mass is 264 g/mol. The normalized spacial score (nSPS) is 12.6. The molecular formula is C17H16N2O. The molecule has 3 nitrogen and oxygen atoms in total. The van der Waals surface area contributed by atoms with Crippen molar-refractivity contribution in [1.82, 2.24) is 9.97 Å². The van der Waals surface area contributed by atoms with Gasteiger partial charge in [0.15, 0.2) is 0 Å². The van der Waals surface area contributed by atoms with Crippen LogP contribution in [0.2, 0.25) is 0 Å². The summed E-state index contributed by atoms with van der Waals surface area (Å²) in [6, 6.07) is 13.7. The highest BCUT2D eigenvalue weighted by molar-refractivity contribution is 5.79. The molecule has 0 saturated carbocycles. The summed E-state index contributed by atoms with van der Waals surface area (Å²) in [6.45, 7) is 3.93. The highest BCUT2D eigenvalue weighted by Crippen LogP contribution is 2.25. The Kier molecular flexibility index (Phi) is 3.20. The van der Waals surface area contributed by atoms with E-state index in [1.54, 1.807) is 6.20 Å². The van der Waals surface area contributed by atoms with Crippen molar-refractivity contribution in [3.8, 4) is 0 Å². The van der Waals surface area contributed by atoms with Crippen LogP contribution in [0.5, 0.6) is 0 Å². The quantitative estimate of drug-likeness (QED) is 0.772. The molecule has 1 aromatic carbocycles.